The Morgan fingerprint density at radius 1 is 1.23 bits per heavy atom. The Hall–Kier alpha value is -2.27. The quantitative estimate of drug-likeness (QED) is 0.502. The maximum absolute atomic E-state index is 13.4. The van der Waals surface area contributed by atoms with Crippen molar-refractivity contribution in [1.82, 2.24) is 20.2 Å². The Morgan fingerprint density at radius 2 is 1.94 bits per heavy atom. The van der Waals surface area contributed by atoms with Crippen molar-refractivity contribution in [2.24, 2.45) is 0 Å². The summed E-state index contributed by atoms with van der Waals surface area (Å²) in [5.74, 6) is 0.758. The van der Waals surface area contributed by atoms with Crippen molar-refractivity contribution >= 4 is 23.5 Å². The molecular formula is C20H26F3N5O2S. The molecule has 0 radical (unpaired) electrons. The van der Waals surface area contributed by atoms with Crippen LogP contribution < -0.4 is 10.2 Å². The molecule has 31 heavy (non-hydrogen) atoms. The number of nitrogens with one attached hydrogen (secondary N) is 1. The van der Waals surface area contributed by atoms with Crippen molar-refractivity contribution < 1.29 is 22.4 Å². The maximum Gasteiger partial charge on any atom is 0.433 e. The topological polar surface area (TPSA) is 74.5 Å². The molecule has 0 spiro atoms. The van der Waals surface area contributed by atoms with Gasteiger partial charge in [0.1, 0.15) is 11.6 Å². The van der Waals surface area contributed by atoms with Gasteiger partial charge < -0.3 is 19.5 Å². The summed E-state index contributed by atoms with van der Waals surface area (Å²) in [6.07, 6.45) is -4.56. The van der Waals surface area contributed by atoms with Crippen LogP contribution in [0.2, 0.25) is 0 Å². The van der Waals surface area contributed by atoms with Crippen LogP contribution in [-0.2, 0) is 11.9 Å². The first kappa shape index (κ1) is 23.4. The third-order valence-corrected chi connectivity index (χ3v) is 5.64. The van der Waals surface area contributed by atoms with Crippen LogP contribution in [0.1, 0.15) is 42.8 Å². The van der Waals surface area contributed by atoms with Crippen molar-refractivity contribution in [1.29, 1.82) is 0 Å². The first-order valence-electron chi connectivity index (χ1n) is 10.1. The normalized spacial score (nSPS) is 15.5. The monoisotopic (exact) mass is 457 g/mol. The van der Waals surface area contributed by atoms with Gasteiger partial charge in [-0.1, -0.05) is 18.7 Å². The van der Waals surface area contributed by atoms with Gasteiger partial charge in [0.15, 0.2) is 16.6 Å². The van der Waals surface area contributed by atoms with Crippen LogP contribution in [0, 0.1) is 0 Å². The molecule has 1 aliphatic heterocycles. The van der Waals surface area contributed by atoms with Gasteiger partial charge in [0.2, 0.25) is 0 Å². The lowest BCUT2D eigenvalue weighted by atomic mass is 10.3. The predicted octanol–water partition coefficient (Wildman–Crippen LogP) is 3.66. The molecule has 1 aliphatic rings. The molecule has 11 heteroatoms. The average molecular weight is 458 g/mol. The fourth-order valence-corrected chi connectivity index (χ4v) is 3.87. The van der Waals surface area contributed by atoms with E-state index < -0.39 is 11.9 Å². The second kappa shape index (κ2) is 9.90. The molecule has 3 heterocycles. The lowest BCUT2D eigenvalue weighted by Gasteiger charge is -2.35. The van der Waals surface area contributed by atoms with Gasteiger partial charge in [-0.2, -0.15) is 13.2 Å². The molecule has 0 unspecified atom stereocenters. The van der Waals surface area contributed by atoms with Gasteiger partial charge in [0.05, 0.1) is 5.75 Å². The molecule has 1 N–H and O–H groups in total. The number of hydrogen-bond donors (Lipinski definition) is 1. The molecule has 1 amide bonds. The Kier molecular flexibility index (Phi) is 7.47. The molecule has 1 fully saturated rings. The summed E-state index contributed by atoms with van der Waals surface area (Å²) in [6, 6.07) is 4.14. The van der Waals surface area contributed by atoms with Crippen LogP contribution in [0.25, 0.3) is 0 Å². The molecule has 0 aromatic carbocycles. The number of carbonyl (C=O) groups excluding carboxylic acids is 1. The minimum absolute atomic E-state index is 0.0207. The SMILES string of the molecule is CCN1CCN(c2cc(C(F)(F)F)nc(SCc3ccc(C(=O)NC(C)C)o3)n2)CC1. The smallest absolute Gasteiger partial charge is 0.433 e. The number of furan rings is 1. The third-order valence-electron chi connectivity index (χ3n) is 4.77. The fourth-order valence-electron chi connectivity index (χ4n) is 3.12. The average Bonchev–Trinajstić information content (AvgIpc) is 3.20. The zero-order chi connectivity index (χ0) is 22.6. The molecule has 7 nitrogen and oxygen atoms in total. The number of alkyl halides is 3. The lowest BCUT2D eigenvalue weighted by Crippen LogP contribution is -2.46. The maximum atomic E-state index is 13.4. The highest BCUT2D eigenvalue weighted by Crippen LogP contribution is 2.32. The zero-order valence-electron chi connectivity index (χ0n) is 17.7. The Bertz CT molecular complexity index is 895. The summed E-state index contributed by atoms with van der Waals surface area (Å²) < 4.78 is 45.7. The minimum Gasteiger partial charge on any atom is -0.455 e. The van der Waals surface area contributed by atoms with Gasteiger partial charge in [-0.25, -0.2) is 9.97 Å². The van der Waals surface area contributed by atoms with Crippen molar-refractivity contribution in [2.75, 3.05) is 37.6 Å². The zero-order valence-corrected chi connectivity index (χ0v) is 18.5. The van der Waals surface area contributed by atoms with Gasteiger partial charge in [-0.15, -0.1) is 0 Å². The number of rotatable bonds is 7. The Labute approximate surface area is 183 Å². The number of hydrogen-bond acceptors (Lipinski definition) is 7. The van der Waals surface area contributed by atoms with Crippen molar-refractivity contribution in [3.8, 4) is 0 Å². The minimum atomic E-state index is -4.56. The van der Waals surface area contributed by atoms with E-state index in [1.807, 2.05) is 18.7 Å². The van der Waals surface area contributed by atoms with Crippen LogP contribution in [0.5, 0.6) is 0 Å². The molecule has 0 atom stereocenters. The van der Waals surface area contributed by atoms with Crippen molar-refractivity contribution in [3.63, 3.8) is 0 Å². The predicted molar refractivity (Wildman–Crippen MR) is 112 cm³/mol. The second-order valence-electron chi connectivity index (χ2n) is 7.50. The standard InChI is InChI=1S/C20H26F3N5O2S/c1-4-27-7-9-28(10-8-27)17-11-16(20(21,22)23)25-19(26-17)31-12-14-5-6-15(30-14)18(29)24-13(2)3/h5-6,11,13H,4,7-10,12H2,1-3H3,(H,24,29). The van der Waals surface area contributed by atoms with Crippen LogP contribution >= 0.6 is 11.8 Å². The number of carbonyl (C=O) groups is 1. The van der Waals surface area contributed by atoms with E-state index in [4.69, 9.17) is 4.42 Å². The van der Waals surface area contributed by atoms with E-state index in [0.717, 1.165) is 37.5 Å². The van der Waals surface area contributed by atoms with E-state index in [-0.39, 0.29) is 34.4 Å². The number of aromatic nitrogens is 2. The summed E-state index contributed by atoms with van der Waals surface area (Å²) in [4.78, 5) is 24.1. The first-order valence-corrected chi connectivity index (χ1v) is 11.1. The van der Waals surface area contributed by atoms with Gasteiger partial charge in [-0.3, -0.25) is 4.79 Å². The molecule has 0 bridgehead atoms. The highest BCUT2D eigenvalue weighted by Gasteiger charge is 2.34. The molecule has 3 rings (SSSR count). The fraction of sp³-hybridized carbons (Fsp3) is 0.550. The number of likely N-dealkylation sites (N-methyl/N-ethyl adjacent to an activating group) is 1. The number of nitrogens with zero attached hydrogens (tertiary/aromatic N) is 4. The van der Waals surface area contributed by atoms with Crippen molar-refractivity contribution in [3.05, 3.63) is 35.4 Å². The molecule has 2 aromatic rings. The van der Waals surface area contributed by atoms with Crippen molar-refractivity contribution in [2.45, 2.75) is 43.9 Å². The molecule has 2 aromatic heterocycles. The summed E-state index contributed by atoms with van der Waals surface area (Å²) in [5, 5.41) is 2.74. The van der Waals surface area contributed by atoms with Gasteiger partial charge in [-0.05, 0) is 32.5 Å². The van der Waals surface area contributed by atoms with Crippen LogP contribution in [0.4, 0.5) is 19.0 Å². The van der Waals surface area contributed by atoms with E-state index in [9.17, 15) is 18.0 Å². The number of thioether (sulfide) groups is 1. The van der Waals surface area contributed by atoms with E-state index >= 15 is 0 Å². The number of halogens is 3. The van der Waals surface area contributed by atoms with E-state index in [2.05, 4.69) is 27.1 Å². The van der Waals surface area contributed by atoms with Gasteiger partial charge >= 0.3 is 6.18 Å². The molecular weight excluding hydrogens is 431 g/mol. The Morgan fingerprint density at radius 3 is 2.55 bits per heavy atom. The summed E-state index contributed by atoms with van der Waals surface area (Å²) >= 11 is 1.04. The second-order valence-corrected chi connectivity index (χ2v) is 8.44. The van der Waals surface area contributed by atoms with Gasteiger partial charge in [0.25, 0.3) is 5.91 Å². The summed E-state index contributed by atoms with van der Waals surface area (Å²) in [7, 11) is 0. The lowest BCUT2D eigenvalue weighted by molar-refractivity contribution is -0.141. The Balaban J connectivity index is 1.73. The number of piperazine rings is 1. The first-order chi connectivity index (χ1) is 14.7. The van der Waals surface area contributed by atoms with E-state index in [1.54, 1.807) is 12.1 Å². The molecule has 1 saturated heterocycles. The highest BCUT2D eigenvalue weighted by atomic mass is 32.2. The van der Waals surface area contributed by atoms with Crippen LogP contribution in [0.15, 0.2) is 27.8 Å². The molecule has 0 saturated carbocycles. The number of amides is 1. The van der Waals surface area contributed by atoms with Gasteiger partial charge in [0, 0.05) is 38.3 Å². The summed E-state index contributed by atoms with van der Waals surface area (Å²) in [6.45, 7) is 9.41. The molecule has 170 valence electrons. The van der Waals surface area contributed by atoms with Crippen LogP contribution in [0.3, 0.4) is 0 Å². The largest absolute Gasteiger partial charge is 0.455 e. The highest BCUT2D eigenvalue weighted by molar-refractivity contribution is 7.98. The molecule has 0 aliphatic carbocycles. The van der Waals surface area contributed by atoms with Crippen LogP contribution in [-0.4, -0.2) is 59.5 Å². The van der Waals surface area contributed by atoms with E-state index in [1.165, 1.54) is 0 Å². The van der Waals surface area contributed by atoms with E-state index in [0.29, 0.717) is 18.8 Å². The summed E-state index contributed by atoms with van der Waals surface area (Å²) in [5.41, 5.74) is -0.964. The number of anilines is 1. The third kappa shape index (κ3) is 6.36.